The van der Waals surface area contributed by atoms with Gasteiger partial charge in [-0.05, 0) is 36.4 Å². The van der Waals surface area contributed by atoms with Crippen molar-refractivity contribution < 1.29 is 22.7 Å². The Balaban J connectivity index is 2.03. The molecule has 0 heterocycles. The molecule has 0 saturated carbocycles. The minimum absolute atomic E-state index is 0.00518. The molecule has 0 atom stereocenters. The van der Waals surface area contributed by atoms with Crippen molar-refractivity contribution in [3.8, 4) is 5.75 Å². The Bertz CT molecular complexity index is 882. The van der Waals surface area contributed by atoms with Gasteiger partial charge < -0.3 is 15.8 Å². The maximum atomic E-state index is 12.2. The summed E-state index contributed by atoms with van der Waals surface area (Å²) in [4.78, 5) is 22.7. The normalized spacial score (nSPS) is 10.9. The van der Waals surface area contributed by atoms with E-state index in [1.54, 1.807) is 18.2 Å². The van der Waals surface area contributed by atoms with Gasteiger partial charge >= 0.3 is 0 Å². The smallest absolute Gasteiger partial charge is 0.255 e. The molecule has 25 heavy (non-hydrogen) atoms. The fourth-order valence-electron chi connectivity index (χ4n) is 1.91. The lowest BCUT2D eigenvalue weighted by atomic mass is 10.3. The monoisotopic (exact) mass is 382 g/mol. The summed E-state index contributed by atoms with van der Waals surface area (Å²) in [5, 5.41) is 2.87. The number of benzene rings is 2. The Kier molecular flexibility index (Phi) is 6.00. The van der Waals surface area contributed by atoms with Gasteiger partial charge in [0.05, 0.1) is 4.90 Å². The van der Waals surface area contributed by atoms with Crippen molar-refractivity contribution in [2.45, 2.75) is 4.90 Å². The second kappa shape index (κ2) is 8.00. The number of anilines is 1. The molecule has 2 rings (SSSR count). The third-order valence-corrected chi connectivity index (χ3v) is 4.88. The molecule has 0 saturated heterocycles. The van der Waals surface area contributed by atoms with Crippen molar-refractivity contribution >= 4 is 38.9 Å². The van der Waals surface area contributed by atoms with Gasteiger partial charge in [0.1, 0.15) is 11.5 Å². The summed E-state index contributed by atoms with van der Waals surface area (Å²) in [5.74, 6) is -1.75. The SMILES string of the molecule is NC(=O)COc1cccc(NC(=O)CS(=O)(=O)c2ccc(Cl)cc2)c1. The lowest BCUT2D eigenvalue weighted by Crippen LogP contribution is -2.23. The maximum absolute atomic E-state index is 12.2. The first-order valence-corrected chi connectivity index (χ1v) is 9.08. The van der Waals surface area contributed by atoms with E-state index in [0.717, 1.165) is 0 Å². The molecule has 0 aromatic heterocycles. The zero-order chi connectivity index (χ0) is 18.4. The molecule has 0 aliphatic rings. The second-order valence-electron chi connectivity index (χ2n) is 5.04. The number of sulfone groups is 1. The molecule has 0 bridgehead atoms. The Morgan fingerprint density at radius 3 is 2.44 bits per heavy atom. The molecule has 0 aliphatic carbocycles. The Labute approximate surface area is 149 Å². The zero-order valence-corrected chi connectivity index (χ0v) is 14.5. The van der Waals surface area contributed by atoms with Crippen LogP contribution in [0.2, 0.25) is 5.02 Å². The summed E-state index contributed by atoms with van der Waals surface area (Å²) in [5.41, 5.74) is 5.32. The second-order valence-corrected chi connectivity index (χ2v) is 7.47. The van der Waals surface area contributed by atoms with Crippen LogP contribution in [0.5, 0.6) is 5.75 Å². The number of rotatable bonds is 7. The van der Waals surface area contributed by atoms with Gasteiger partial charge in [-0.1, -0.05) is 17.7 Å². The molecule has 0 radical (unpaired) electrons. The molecule has 2 aromatic rings. The summed E-state index contributed by atoms with van der Waals surface area (Å²) in [6, 6.07) is 11.7. The number of carbonyl (C=O) groups excluding carboxylic acids is 2. The first-order chi connectivity index (χ1) is 11.8. The van der Waals surface area contributed by atoms with Gasteiger partial charge in [-0.25, -0.2) is 8.42 Å². The van der Waals surface area contributed by atoms with Crippen molar-refractivity contribution in [2.75, 3.05) is 17.7 Å². The van der Waals surface area contributed by atoms with E-state index < -0.39 is 27.4 Å². The topological polar surface area (TPSA) is 116 Å². The fraction of sp³-hybridized carbons (Fsp3) is 0.125. The third kappa shape index (κ3) is 5.77. The molecule has 132 valence electrons. The number of nitrogens with two attached hydrogens (primary N) is 1. The van der Waals surface area contributed by atoms with Crippen LogP contribution in [0.4, 0.5) is 5.69 Å². The first-order valence-electron chi connectivity index (χ1n) is 7.05. The van der Waals surface area contributed by atoms with E-state index in [2.05, 4.69) is 5.32 Å². The van der Waals surface area contributed by atoms with Gasteiger partial charge in [0, 0.05) is 16.8 Å². The third-order valence-electron chi connectivity index (χ3n) is 2.99. The molecule has 7 nitrogen and oxygen atoms in total. The highest BCUT2D eigenvalue weighted by molar-refractivity contribution is 7.92. The van der Waals surface area contributed by atoms with Crippen molar-refractivity contribution in [1.82, 2.24) is 0 Å². The van der Waals surface area contributed by atoms with Gasteiger partial charge in [0.15, 0.2) is 16.4 Å². The van der Waals surface area contributed by atoms with Crippen molar-refractivity contribution in [2.24, 2.45) is 5.73 Å². The highest BCUT2D eigenvalue weighted by Gasteiger charge is 2.19. The molecular formula is C16H15ClN2O5S. The highest BCUT2D eigenvalue weighted by Crippen LogP contribution is 2.19. The standard InChI is InChI=1S/C16H15ClN2O5S/c17-11-4-6-14(7-5-11)25(22,23)10-16(21)19-12-2-1-3-13(8-12)24-9-15(18)20/h1-8H,9-10H2,(H2,18,20)(H,19,21). The predicted octanol–water partition coefficient (Wildman–Crippen LogP) is 1.62. The minimum atomic E-state index is -3.79. The first kappa shape index (κ1) is 18.8. The summed E-state index contributed by atoms with van der Waals surface area (Å²) in [6.07, 6.45) is 0. The predicted molar refractivity (Wildman–Crippen MR) is 93.3 cm³/mol. The van der Waals surface area contributed by atoms with Crippen molar-refractivity contribution in [3.05, 3.63) is 53.6 Å². The average molecular weight is 383 g/mol. The van der Waals surface area contributed by atoms with Crippen LogP contribution in [0.3, 0.4) is 0 Å². The lowest BCUT2D eigenvalue weighted by molar-refractivity contribution is -0.120. The van der Waals surface area contributed by atoms with Crippen LogP contribution < -0.4 is 15.8 Å². The Morgan fingerprint density at radius 2 is 1.80 bits per heavy atom. The van der Waals surface area contributed by atoms with Gasteiger partial charge in [-0.15, -0.1) is 0 Å². The van der Waals surface area contributed by atoms with E-state index >= 15 is 0 Å². The van der Waals surface area contributed by atoms with Crippen molar-refractivity contribution in [1.29, 1.82) is 0 Å². The largest absolute Gasteiger partial charge is 0.484 e. The van der Waals surface area contributed by atoms with Crippen molar-refractivity contribution in [3.63, 3.8) is 0 Å². The van der Waals surface area contributed by atoms with E-state index in [-0.39, 0.29) is 11.5 Å². The zero-order valence-electron chi connectivity index (χ0n) is 12.9. The maximum Gasteiger partial charge on any atom is 0.255 e. The molecule has 0 spiro atoms. The number of ether oxygens (including phenoxy) is 1. The van der Waals surface area contributed by atoms with Gasteiger partial charge in [0.2, 0.25) is 5.91 Å². The number of nitrogens with one attached hydrogen (secondary N) is 1. The average Bonchev–Trinajstić information content (AvgIpc) is 2.53. The quantitative estimate of drug-likeness (QED) is 0.754. The van der Waals surface area contributed by atoms with E-state index in [4.69, 9.17) is 22.1 Å². The fourth-order valence-corrected chi connectivity index (χ4v) is 3.17. The van der Waals surface area contributed by atoms with Crippen LogP contribution in [0.1, 0.15) is 0 Å². The van der Waals surface area contributed by atoms with Gasteiger partial charge in [0.25, 0.3) is 5.91 Å². The van der Waals surface area contributed by atoms with Gasteiger partial charge in [-0.3, -0.25) is 9.59 Å². The van der Waals surface area contributed by atoms with Crippen LogP contribution in [0.25, 0.3) is 0 Å². The molecule has 9 heteroatoms. The summed E-state index contributed by atoms with van der Waals surface area (Å²) < 4.78 is 29.5. The van der Waals surface area contributed by atoms with Crippen LogP contribution in [-0.4, -0.2) is 32.6 Å². The lowest BCUT2D eigenvalue weighted by Gasteiger charge is -2.09. The van der Waals surface area contributed by atoms with Crippen LogP contribution in [0, 0.1) is 0 Å². The highest BCUT2D eigenvalue weighted by atomic mass is 35.5. The van der Waals surface area contributed by atoms with E-state index in [9.17, 15) is 18.0 Å². The minimum Gasteiger partial charge on any atom is -0.484 e. The Hall–Kier alpha value is -2.58. The van der Waals surface area contributed by atoms with E-state index in [1.165, 1.54) is 30.3 Å². The summed E-state index contributed by atoms with van der Waals surface area (Å²) >= 11 is 5.72. The summed E-state index contributed by atoms with van der Waals surface area (Å²) in [6.45, 7) is -0.303. The number of amides is 2. The van der Waals surface area contributed by atoms with Crippen LogP contribution >= 0.6 is 11.6 Å². The van der Waals surface area contributed by atoms with E-state index in [0.29, 0.717) is 16.5 Å². The molecule has 0 unspecified atom stereocenters. The van der Waals surface area contributed by atoms with Gasteiger partial charge in [-0.2, -0.15) is 0 Å². The Morgan fingerprint density at radius 1 is 1.12 bits per heavy atom. The number of carbonyl (C=O) groups is 2. The van der Waals surface area contributed by atoms with Crippen LogP contribution in [-0.2, 0) is 19.4 Å². The number of hydrogen-bond donors (Lipinski definition) is 2. The summed E-state index contributed by atoms with van der Waals surface area (Å²) in [7, 11) is -3.79. The molecular weight excluding hydrogens is 368 g/mol. The number of hydrogen-bond acceptors (Lipinski definition) is 5. The molecule has 0 fully saturated rings. The molecule has 2 aromatic carbocycles. The van der Waals surface area contributed by atoms with Crippen LogP contribution in [0.15, 0.2) is 53.4 Å². The molecule has 0 aliphatic heterocycles. The number of primary amides is 1. The molecule has 2 amide bonds. The molecule has 3 N–H and O–H groups in total. The number of halogens is 1. The van der Waals surface area contributed by atoms with E-state index in [1.807, 2.05) is 0 Å².